The van der Waals surface area contributed by atoms with Crippen LogP contribution < -0.4 is 10.1 Å². The van der Waals surface area contributed by atoms with Gasteiger partial charge in [0.1, 0.15) is 0 Å². The van der Waals surface area contributed by atoms with E-state index in [4.69, 9.17) is 20.9 Å². The largest absolute Gasteiger partial charge is 0.504 e. The summed E-state index contributed by atoms with van der Waals surface area (Å²) in [4.78, 5) is 12.2. The fourth-order valence-corrected chi connectivity index (χ4v) is 2.46. The standard InChI is InChI=1S/C18H15ClN2O4/c1-24-17-7-11(5-6-15(17)22)10-20-18(23)14-9-16(25-21-14)12-3-2-4-13(19)8-12/h2-9,22H,10H2,1H3,(H,20,23). The number of benzene rings is 2. The molecule has 0 aliphatic carbocycles. The van der Waals surface area contributed by atoms with Crippen molar-refractivity contribution in [1.82, 2.24) is 10.5 Å². The molecule has 0 aliphatic heterocycles. The van der Waals surface area contributed by atoms with Crippen molar-refractivity contribution in [3.8, 4) is 22.8 Å². The lowest BCUT2D eigenvalue weighted by atomic mass is 10.1. The van der Waals surface area contributed by atoms with Crippen LogP contribution in [0.4, 0.5) is 0 Å². The second-order valence-corrected chi connectivity index (χ2v) is 5.71. The number of hydrogen-bond acceptors (Lipinski definition) is 5. The normalized spacial score (nSPS) is 10.5. The fourth-order valence-electron chi connectivity index (χ4n) is 2.26. The highest BCUT2D eigenvalue weighted by molar-refractivity contribution is 6.30. The number of ether oxygens (including phenoxy) is 1. The number of hydrogen-bond donors (Lipinski definition) is 2. The van der Waals surface area contributed by atoms with Gasteiger partial charge in [0.05, 0.1) is 7.11 Å². The lowest BCUT2D eigenvalue weighted by Crippen LogP contribution is -2.23. The highest BCUT2D eigenvalue weighted by atomic mass is 35.5. The van der Waals surface area contributed by atoms with Crippen molar-refractivity contribution in [3.05, 3.63) is 64.8 Å². The maximum absolute atomic E-state index is 12.2. The van der Waals surface area contributed by atoms with Gasteiger partial charge in [0.2, 0.25) is 0 Å². The smallest absolute Gasteiger partial charge is 0.273 e. The van der Waals surface area contributed by atoms with Crippen molar-refractivity contribution < 1.29 is 19.2 Å². The molecule has 25 heavy (non-hydrogen) atoms. The Balaban J connectivity index is 1.68. The number of methoxy groups -OCH3 is 1. The predicted octanol–water partition coefficient (Wildman–Crippen LogP) is 3.64. The van der Waals surface area contributed by atoms with Crippen LogP contribution >= 0.6 is 11.6 Å². The van der Waals surface area contributed by atoms with E-state index in [0.717, 1.165) is 11.1 Å². The van der Waals surface area contributed by atoms with Crippen LogP contribution in [0.2, 0.25) is 5.02 Å². The van der Waals surface area contributed by atoms with Crippen molar-refractivity contribution in [1.29, 1.82) is 0 Å². The molecule has 0 fully saturated rings. The average molecular weight is 359 g/mol. The van der Waals surface area contributed by atoms with Gasteiger partial charge in [0.25, 0.3) is 5.91 Å². The summed E-state index contributed by atoms with van der Waals surface area (Å²) < 4.78 is 10.2. The molecule has 0 saturated carbocycles. The second-order valence-electron chi connectivity index (χ2n) is 5.28. The number of carbonyl (C=O) groups is 1. The van der Waals surface area contributed by atoms with E-state index >= 15 is 0 Å². The Morgan fingerprint density at radius 3 is 2.88 bits per heavy atom. The summed E-state index contributed by atoms with van der Waals surface area (Å²) in [5.41, 5.74) is 1.68. The van der Waals surface area contributed by atoms with Crippen molar-refractivity contribution in [3.63, 3.8) is 0 Å². The first-order valence-corrected chi connectivity index (χ1v) is 7.81. The molecule has 2 N–H and O–H groups in total. The summed E-state index contributed by atoms with van der Waals surface area (Å²) in [5, 5.41) is 16.7. The number of aromatic hydroxyl groups is 1. The van der Waals surface area contributed by atoms with Crippen molar-refractivity contribution in [2.45, 2.75) is 6.54 Å². The Bertz CT molecular complexity index is 908. The summed E-state index contributed by atoms with van der Waals surface area (Å²) in [5.74, 6) is 0.472. The number of phenolic OH excluding ortho intramolecular Hbond substituents is 1. The van der Waals surface area contributed by atoms with Gasteiger partial charge in [0.15, 0.2) is 23.0 Å². The van der Waals surface area contributed by atoms with E-state index in [1.807, 2.05) is 6.07 Å². The number of carbonyl (C=O) groups excluding carboxylic acids is 1. The topological polar surface area (TPSA) is 84.6 Å². The lowest BCUT2D eigenvalue weighted by molar-refractivity contribution is 0.0942. The molecule has 0 spiro atoms. The van der Waals surface area contributed by atoms with Gasteiger partial charge in [-0.25, -0.2) is 0 Å². The third-order valence-corrected chi connectivity index (χ3v) is 3.78. The predicted molar refractivity (Wildman–Crippen MR) is 92.8 cm³/mol. The minimum Gasteiger partial charge on any atom is -0.504 e. The number of nitrogens with one attached hydrogen (secondary N) is 1. The molecular weight excluding hydrogens is 344 g/mol. The van der Waals surface area contributed by atoms with Crippen LogP contribution in [0.15, 0.2) is 53.1 Å². The molecule has 128 valence electrons. The van der Waals surface area contributed by atoms with Crippen molar-refractivity contribution in [2.75, 3.05) is 7.11 Å². The molecule has 1 amide bonds. The molecular formula is C18H15ClN2O4. The number of phenols is 1. The Morgan fingerprint density at radius 2 is 2.12 bits per heavy atom. The zero-order valence-corrected chi connectivity index (χ0v) is 14.1. The molecule has 6 nitrogen and oxygen atoms in total. The van der Waals surface area contributed by atoms with Crippen LogP contribution in [0.25, 0.3) is 11.3 Å². The van der Waals surface area contributed by atoms with Crippen LogP contribution in [0.1, 0.15) is 16.1 Å². The van der Waals surface area contributed by atoms with Gasteiger partial charge in [-0.15, -0.1) is 0 Å². The summed E-state index contributed by atoms with van der Waals surface area (Å²) in [6, 6.07) is 13.5. The first-order chi connectivity index (χ1) is 12.1. The third kappa shape index (κ3) is 3.92. The minimum absolute atomic E-state index is 0.0419. The molecule has 7 heteroatoms. The molecule has 0 radical (unpaired) electrons. The van der Waals surface area contributed by atoms with E-state index in [1.54, 1.807) is 36.4 Å². The highest BCUT2D eigenvalue weighted by Crippen LogP contribution is 2.26. The molecule has 0 bridgehead atoms. The molecule has 2 aromatic carbocycles. The number of aromatic nitrogens is 1. The van der Waals surface area contributed by atoms with E-state index in [9.17, 15) is 9.90 Å². The van der Waals surface area contributed by atoms with Crippen molar-refractivity contribution in [2.24, 2.45) is 0 Å². The second kappa shape index (κ2) is 7.27. The van der Waals surface area contributed by atoms with E-state index < -0.39 is 0 Å². The molecule has 0 saturated heterocycles. The summed E-state index contributed by atoms with van der Waals surface area (Å²) in [6.45, 7) is 0.259. The zero-order chi connectivity index (χ0) is 17.8. The maximum Gasteiger partial charge on any atom is 0.273 e. The van der Waals surface area contributed by atoms with E-state index in [-0.39, 0.29) is 23.9 Å². The first kappa shape index (κ1) is 16.9. The Kier molecular flexibility index (Phi) is 4.90. The summed E-state index contributed by atoms with van der Waals surface area (Å²) >= 11 is 5.95. The zero-order valence-electron chi connectivity index (χ0n) is 13.3. The van der Waals surface area contributed by atoms with Crippen LogP contribution in [0, 0.1) is 0 Å². The van der Waals surface area contributed by atoms with Gasteiger partial charge in [-0.1, -0.05) is 35.0 Å². The van der Waals surface area contributed by atoms with Gasteiger partial charge in [-0.05, 0) is 29.8 Å². The minimum atomic E-state index is -0.371. The molecule has 3 aromatic rings. The van der Waals surface area contributed by atoms with Crippen LogP contribution in [-0.2, 0) is 6.54 Å². The van der Waals surface area contributed by atoms with E-state index in [0.29, 0.717) is 16.5 Å². The quantitative estimate of drug-likeness (QED) is 0.727. The number of amides is 1. The molecule has 0 unspecified atom stereocenters. The van der Waals surface area contributed by atoms with Gasteiger partial charge in [-0.3, -0.25) is 4.79 Å². The number of nitrogens with zero attached hydrogens (tertiary/aromatic N) is 1. The van der Waals surface area contributed by atoms with Gasteiger partial charge in [0, 0.05) is 23.2 Å². The molecule has 1 aromatic heterocycles. The first-order valence-electron chi connectivity index (χ1n) is 7.43. The number of halogens is 1. The highest BCUT2D eigenvalue weighted by Gasteiger charge is 2.14. The van der Waals surface area contributed by atoms with Gasteiger partial charge >= 0.3 is 0 Å². The fraction of sp³-hybridized carbons (Fsp3) is 0.111. The molecule has 1 heterocycles. The van der Waals surface area contributed by atoms with E-state index in [2.05, 4.69) is 10.5 Å². The van der Waals surface area contributed by atoms with Gasteiger partial charge in [-0.2, -0.15) is 0 Å². The molecule has 0 atom stereocenters. The van der Waals surface area contributed by atoms with Crippen molar-refractivity contribution >= 4 is 17.5 Å². The maximum atomic E-state index is 12.2. The Hall–Kier alpha value is -2.99. The average Bonchev–Trinajstić information content (AvgIpc) is 3.11. The SMILES string of the molecule is COc1cc(CNC(=O)c2cc(-c3cccc(Cl)c3)on2)ccc1O. The number of rotatable bonds is 5. The Morgan fingerprint density at radius 1 is 1.28 bits per heavy atom. The Labute approximate surface area is 149 Å². The lowest BCUT2D eigenvalue weighted by Gasteiger charge is -2.07. The molecule has 0 aliphatic rings. The summed E-state index contributed by atoms with van der Waals surface area (Å²) in [6.07, 6.45) is 0. The summed E-state index contributed by atoms with van der Waals surface area (Å²) in [7, 11) is 1.46. The van der Waals surface area contributed by atoms with Crippen LogP contribution in [0.5, 0.6) is 11.5 Å². The monoisotopic (exact) mass is 358 g/mol. The third-order valence-electron chi connectivity index (χ3n) is 3.55. The van der Waals surface area contributed by atoms with Gasteiger partial charge < -0.3 is 19.7 Å². The van der Waals surface area contributed by atoms with Crippen LogP contribution in [0.3, 0.4) is 0 Å². The molecule has 3 rings (SSSR count). The van der Waals surface area contributed by atoms with E-state index in [1.165, 1.54) is 13.2 Å². The van der Waals surface area contributed by atoms with Crippen LogP contribution in [-0.4, -0.2) is 23.3 Å².